The number of nitrogens with two attached hydrogens (primary N) is 1. The number of nitrogens with zero attached hydrogens (tertiary/aromatic N) is 2. The predicted octanol–water partition coefficient (Wildman–Crippen LogP) is 4.48. The van der Waals surface area contributed by atoms with Gasteiger partial charge in [-0.15, -0.1) is 5.10 Å². The summed E-state index contributed by atoms with van der Waals surface area (Å²) >= 11 is 0. The number of aromatic nitrogens is 2. The minimum absolute atomic E-state index is 0.0488. The maximum absolute atomic E-state index is 9.90. The van der Waals surface area contributed by atoms with Crippen molar-refractivity contribution in [3.8, 4) is 34.7 Å². The molecule has 0 spiro atoms. The van der Waals surface area contributed by atoms with Gasteiger partial charge in [-0.25, -0.2) is 0 Å². The van der Waals surface area contributed by atoms with Crippen LogP contribution in [-0.2, 0) is 0 Å². The second-order valence-corrected chi connectivity index (χ2v) is 7.09. The fraction of sp³-hybridized carbons (Fsp3) is 0.250. The molecule has 31 heavy (non-hydrogen) atoms. The summed E-state index contributed by atoms with van der Waals surface area (Å²) in [7, 11) is 0. The SMILES string of the molecule is CCCOc1ccc(-c2[nH]nc3c2C(c2ccccc2OCC)C(C#N)=C(N)O3)cc1. The largest absolute Gasteiger partial charge is 0.494 e. The third-order valence-electron chi connectivity index (χ3n) is 5.08. The summed E-state index contributed by atoms with van der Waals surface area (Å²) in [6.07, 6.45) is 0.943. The second kappa shape index (κ2) is 8.84. The molecular formula is C24H24N4O3. The van der Waals surface area contributed by atoms with Gasteiger partial charge >= 0.3 is 0 Å². The van der Waals surface area contributed by atoms with Gasteiger partial charge in [0.25, 0.3) is 0 Å². The molecule has 0 bridgehead atoms. The molecule has 4 rings (SSSR count). The predicted molar refractivity (Wildman–Crippen MR) is 117 cm³/mol. The van der Waals surface area contributed by atoms with E-state index in [2.05, 4.69) is 23.2 Å². The number of rotatable bonds is 7. The highest BCUT2D eigenvalue weighted by atomic mass is 16.5. The number of nitrogens with one attached hydrogen (secondary N) is 1. The van der Waals surface area contributed by atoms with E-state index in [0.717, 1.165) is 34.6 Å². The minimum atomic E-state index is -0.471. The smallest absolute Gasteiger partial charge is 0.244 e. The lowest BCUT2D eigenvalue weighted by atomic mass is 9.82. The Bertz CT molecular complexity index is 1140. The zero-order valence-electron chi connectivity index (χ0n) is 17.5. The van der Waals surface area contributed by atoms with Crippen LogP contribution in [0.2, 0.25) is 0 Å². The summed E-state index contributed by atoms with van der Waals surface area (Å²) in [5.74, 6) is 1.43. The summed E-state index contributed by atoms with van der Waals surface area (Å²) in [5.41, 5.74) is 9.66. The van der Waals surface area contributed by atoms with Crippen molar-refractivity contribution in [2.45, 2.75) is 26.2 Å². The maximum Gasteiger partial charge on any atom is 0.244 e. The highest BCUT2D eigenvalue weighted by molar-refractivity contribution is 5.72. The normalized spacial score (nSPS) is 15.1. The Morgan fingerprint density at radius 3 is 2.61 bits per heavy atom. The van der Waals surface area contributed by atoms with E-state index < -0.39 is 5.92 Å². The first-order valence-corrected chi connectivity index (χ1v) is 10.3. The van der Waals surface area contributed by atoms with Gasteiger partial charge in [0.1, 0.15) is 23.1 Å². The molecular weight excluding hydrogens is 392 g/mol. The lowest BCUT2D eigenvalue weighted by Gasteiger charge is -2.25. The third-order valence-corrected chi connectivity index (χ3v) is 5.08. The number of nitriles is 1. The lowest BCUT2D eigenvalue weighted by Crippen LogP contribution is -2.21. The van der Waals surface area contributed by atoms with Crippen molar-refractivity contribution in [1.82, 2.24) is 10.2 Å². The van der Waals surface area contributed by atoms with Crippen LogP contribution in [0.3, 0.4) is 0 Å². The van der Waals surface area contributed by atoms with Crippen LogP contribution in [0, 0.1) is 11.3 Å². The van der Waals surface area contributed by atoms with Crippen molar-refractivity contribution < 1.29 is 14.2 Å². The first-order valence-electron chi connectivity index (χ1n) is 10.3. The van der Waals surface area contributed by atoms with Crippen LogP contribution in [0.4, 0.5) is 0 Å². The molecule has 1 aliphatic heterocycles. The molecule has 0 aliphatic carbocycles. The number of hydrogen-bond donors (Lipinski definition) is 2. The molecule has 0 fully saturated rings. The van der Waals surface area contributed by atoms with E-state index in [1.165, 1.54) is 0 Å². The fourth-order valence-corrected chi connectivity index (χ4v) is 3.72. The molecule has 7 heteroatoms. The van der Waals surface area contributed by atoms with Crippen LogP contribution in [0.25, 0.3) is 11.3 Å². The topological polar surface area (TPSA) is 106 Å². The number of H-pyrrole nitrogens is 1. The molecule has 3 aromatic rings. The number of allylic oxidation sites excluding steroid dienone is 1. The van der Waals surface area contributed by atoms with E-state index in [-0.39, 0.29) is 5.88 Å². The summed E-state index contributed by atoms with van der Waals surface area (Å²) in [5, 5.41) is 17.3. The van der Waals surface area contributed by atoms with Crippen LogP contribution in [0.5, 0.6) is 17.4 Å². The van der Waals surface area contributed by atoms with Crippen molar-refractivity contribution in [3.63, 3.8) is 0 Å². The van der Waals surface area contributed by atoms with E-state index in [4.69, 9.17) is 19.9 Å². The third kappa shape index (κ3) is 3.80. The number of benzene rings is 2. The summed E-state index contributed by atoms with van der Waals surface area (Å²) in [6, 6.07) is 17.6. The number of ether oxygens (including phenoxy) is 3. The molecule has 158 valence electrons. The van der Waals surface area contributed by atoms with E-state index >= 15 is 0 Å². The number of hydrogen-bond acceptors (Lipinski definition) is 6. The van der Waals surface area contributed by atoms with Crippen molar-refractivity contribution in [3.05, 3.63) is 71.1 Å². The average molecular weight is 416 g/mol. The van der Waals surface area contributed by atoms with E-state index in [1.54, 1.807) is 0 Å². The van der Waals surface area contributed by atoms with Gasteiger partial charge in [0.2, 0.25) is 11.8 Å². The van der Waals surface area contributed by atoms with Gasteiger partial charge in [-0.05, 0) is 43.7 Å². The van der Waals surface area contributed by atoms with Crippen LogP contribution in [0.15, 0.2) is 60.0 Å². The van der Waals surface area contributed by atoms with Crippen LogP contribution in [-0.4, -0.2) is 23.4 Å². The van der Waals surface area contributed by atoms with Crippen LogP contribution in [0.1, 0.15) is 37.3 Å². The molecule has 1 unspecified atom stereocenters. The molecule has 0 radical (unpaired) electrons. The molecule has 1 aliphatic rings. The summed E-state index contributed by atoms with van der Waals surface area (Å²) in [4.78, 5) is 0. The average Bonchev–Trinajstić information content (AvgIpc) is 3.21. The van der Waals surface area contributed by atoms with Crippen molar-refractivity contribution in [2.24, 2.45) is 5.73 Å². The molecule has 2 aromatic carbocycles. The van der Waals surface area contributed by atoms with Gasteiger partial charge < -0.3 is 19.9 Å². The van der Waals surface area contributed by atoms with Gasteiger partial charge in [-0.3, -0.25) is 5.10 Å². The summed E-state index contributed by atoms with van der Waals surface area (Å²) in [6.45, 7) is 5.16. The Kier molecular flexibility index (Phi) is 5.80. The molecule has 0 saturated heterocycles. The van der Waals surface area contributed by atoms with Gasteiger partial charge in [0, 0.05) is 11.1 Å². The molecule has 0 amide bonds. The molecule has 2 heterocycles. The number of fused-ring (bicyclic) bond motifs is 1. The quantitative estimate of drug-likeness (QED) is 0.588. The van der Waals surface area contributed by atoms with E-state index in [0.29, 0.717) is 30.4 Å². The van der Waals surface area contributed by atoms with Crippen molar-refractivity contribution in [2.75, 3.05) is 13.2 Å². The Morgan fingerprint density at radius 2 is 1.90 bits per heavy atom. The standard InChI is InChI=1S/C24H24N4O3/c1-3-13-30-16-11-9-15(10-12-16)22-21-20(17-7-5-6-8-19(17)29-4-2)18(14-25)23(26)31-24(21)28-27-22/h5-12,20H,3-4,13,26H2,1-2H3,(H,27,28). The van der Waals surface area contributed by atoms with E-state index in [1.807, 2.05) is 55.5 Å². The summed E-state index contributed by atoms with van der Waals surface area (Å²) < 4.78 is 17.2. The Hall–Kier alpha value is -3.92. The number of para-hydroxylation sites is 1. The molecule has 1 aromatic heterocycles. The van der Waals surface area contributed by atoms with Crippen molar-refractivity contribution in [1.29, 1.82) is 5.26 Å². The van der Waals surface area contributed by atoms with E-state index in [9.17, 15) is 5.26 Å². The first-order chi connectivity index (χ1) is 15.2. The van der Waals surface area contributed by atoms with Crippen LogP contribution >= 0.6 is 0 Å². The van der Waals surface area contributed by atoms with Gasteiger partial charge in [0.05, 0.1) is 30.4 Å². The molecule has 3 N–H and O–H groups in total. The van der Waals surface area contributed by atoms with Crippen LogP contribution < -0.4 is 19.9 Å². The molecule has 1 atom stereocenters. The minimum Gasteiger partial charge on any atom is -0.494 e. The monoisotopic (exact) mass is 416 g/mol. The molecule has 0 saturated carbocycles. The Labute approximate surface area is 181 Å². The second-order valence-electron chi connectivity index (χ2n) is 7.09. The van der Waals surface area contributed by atoms with Gasteiger partial charge in [0.15, 0.2) is 0 Å². The Balaban J connectivity index is 1.84. The highest BCUT2D eigenvalue weighted by Crippen LogP contribution is 2.47. The van der Waals surface area contributed by atoms with Gasteiger partial charge in [-0.1, -0.05) is 25.1 Å². The highest BCUT2D eigenvalue weighted by Gasteiger charge is 2.37. The lowest BCUT2D eigenvalue weighted by molar-refractivity contribution is 0.317. The molecule has 7 nitrogen and oxygen atoms in total. The zero-order valence-corrected chi connectivity index (χ0v) is 17.5. The van der Waals surface area contributed by atoms with Gasteiger partial charge in [-0.2, -0.15) is 5.26 Å². The number of aromatic amines is 1. The maximum atomic E-state index is 9.90. The fourth-order valence-electron chi connectivity index (χ4n) is 3.72. The first kappa shape index (κ1) is 20.4. The zero-order chi connectivity index (χ0) is 21.8. The Morgan fingerprint density at radius 1 is 1.13 bits per heavy atom. The van der Waals surface area contributed by atoms with Crippen molar-refractivity contribution >= 4 is 0 Å².